The molecule has 19 heavy (non-hydrogen) atoms. The van der Waals surface area contributed by atoms with Gasteiger partial charge in [-0.1, -0.05) is 42.5 Å². The fourth-order valence-electron chi connectivity index (χ4n) is 2.18. The van der Waals surface area contributed by atoms with Crippen molar-refractivity contribution >= 4 is 16.6 Å². The molecule has 0 unspecified atom stereocenters. The van der Waals surface area contributed by atoms with Gasteiger partial charge in [0.2, 0.25) is 0 Å². The zero-order valence-electron chi connectivity index (χ0n) is 10.8. The van der Waals surface area contributed by atoms with Crippen LogP contribution in [0.3, 0.4) is 0 Å². The average Bonchev–Trinajstić information content (AvgIpc) is 2.45. The number of hydrogen-bond acceptors (Lipinski definition) is 3. The summed E-state index contributed by atoms with van der Waals surface area (Å²) in [7, 11) is 0. The maximum Gasteiger partial charge on any atom is 0.129 e. The van der Waals surface area contributed by atoms with E-state index in [0.29, 0.717) is 0 Å². The number of hydrogen-bond donors (Lipinski definition) is 1. The minimum Gasteiger partial charge on any atom is -0.366 e. The molecule has 1 aromatic heterocycles. The zero-order valence-corrected chi connectivity index (χ0v) is 10.8. The Labute approximate surface area is 112 Å². The molecule has 1 N–H and O–H groups in total. The molecule has 0 saturated heterocycles. The molecule has 0 aliphatic heterocycles. The molecule has 0 saturated carbocycles. The van der Waals surface area contributed by atoms with Gasteiger partial charge in [-0.25, -0.2) is 9.97 Å². The third kappa shape index (κ3) is 2.55. The lowest BCUT2D eigenvalue weighted by molar-refractivity contribution is 1.06. The number of aromatic nitrogens is 2. The van der Waals surface area contributed by atoms with Crippen LogP contribution >= 0.6 is 0 Å². The van der Waals surface area contributed by atoms with Crippen LogP contribution in [-0.4, -0.2) is 9.97 Å². The number of nitrogens with one attached hydrogen (secondary N) is 1. The molecule has 3 heteroatoms. The first kappa shape index (κ1) is 11.7. The maximum absolute atomic E-state index is 4.21. The molecule has 3 aromatic rings. The highest BCUT2D eigenvalue weighted by atomic mass is 15.0. The van der Waals surface area contributed by atoms with Crippen LogP contribution in [0.2, 0.25) is 0 Å². The van der Waals surface area contributed by atoms with E-state index in [2.05, 4.69) is 57.7 Å². The second-order valence-corrected chi connectivity index (χ2v) is 4.54. The van der Waals surface area contributed by atoms with Crippen molar-refractivity contribution in [3.8, 4) is 0 Å². The SMILES string of the molecule is Cc1cc(NCc2cccc3ccccc23)ncn1. The van der Waals surface area contributed by atoms with Crippen molar-refractivity contribution in [1.29, 1.82) is 0 Å². The normalized spacial score (nSPS) is 10.6. The van der Waals surface area contributed by atoms with E-state index in [9.17, 15) is 0 Å². The molecule has 3 nitrogen and oxygen atoms in total. The smallest absolute Gasteiger partial charge is 0.129 e. The molecule has 0 radical (unpaired) electrons. The van der Waals surface area contributed by atoms with Crippen molar-refractivity contribution in [3.05, 3.63) is 66.1 Å². The van der Waals surface area contributed by atoms with E-state index in [1.807, 2.05) is 13.0 Å². The molecule has 0 amide bonds. The third-order valence-electron chi connectivity index (χ3n) is 3.14. The first-order valence-electron chi connectivity index (χ1n) is 6.32. The first-order chi connectivity index (χ1) is 9.33. The van der Waals surface area contributed by atoms with Gasteiger partial charge in [-0.3, -0.25) is 0 Å². The van der Waals surface area contributed by atoms with Crippen LogP contribution in [-0.2, 0) is 6.54 Å². The van der Waals surface area contributed by atoms with Gasteiger partial charge in [0.05, 0.1) is 0 Å². The summed E-state index contributed by atoms with van der Waals surface area (Å²) in [4.78, 5) is 8.31. The standard InChI is InChI=1S/C16H15N3/c1-12-9-16(19-11-18-12)17-10-14-7-4-6-13-5-2-3-8-15(13)14/h2-9,11H,10H2,1H3,(H,17,18,19). The summed E-state index contributed by atoms with van der Waals surface area (Å²) in [6.45, 7) is 2.72. The minimum absolute atomic E-state index is 0.762. The highest BCUT2D eigenvalue weighted by Crippen LogP contribution is 2.19. The predicted octanol–water partition coefficient (Wildman–Crippen LogP) is 3.55. The van der Waals surface area contributed by atoms with Crippen molar-refractivity contribution in [2.75, 3.05) is 5.32 Å². The van der Waals surface area contributed by atoms with E-state index >= 15 is 0 Å². The van der Waals surface area contributed by atoms with E-state index in [1.54, 1.807) is 6.33 Å². The quantitative estimate of drug-likeness (QED) is 0.771. The fraction of sp³-hybridized carbons (Fsp3) is 0.125. The lowest BCUT2D eigenvalue weighted by Crippen LogP contribution is -2.02. The first-order valence-corrected chi connectivity index (χ1v) is 6.32. The van der Waals surface area contributed by atoms with Crippen molar-refractivity contribution in [3.63, 3.8) is 0 Å². The van der Waals surface area contributed by atoms with Crippen LogP contribution in [0.4, 0.5) is 5.82 Å². The molecule has 0 atom stereocenters. The molecule has 0 aliphatic carbocycles. The molecule has 1 heterocycles. The summed E-state index contributed by atoms with van der Waals surface area (Å²) >= 11 is 0. The molecule has 2 aromatic carbocycles. The molecule has 94 valence electrons. The Morgan fingerprint density at radius 2 is 1.84 bits per heavy atom. The Bertz CT molecular complexity index is 702. The van der Waals surface area contributed by atoms with Crippen molar-refractivity contribution in [2.24, 2.45) is 0 Å². The number of fused-ring (bicyclic) bond motifs is 1. The Balaban J connectivity index is 1.86. The van der Waals surface area contributed by atoms with Crippen LogP contribution < -0.4 is 5.32 Å². The van der Waals surface area contributed by atoms with Crippen molar-refractivity contribution in [2.45, 2.75) is 13.5 Å². The zero-order chi connectivity index (χ0) is 13.1. The van der Waals surface area contributed by atoms with E-state index in [4.69, 9.17) is 0 Å². The maximum atomic E-state index is 4.21. The van der Waals surface area contributed by atoms with Gasteiger partial charge >= 0.3 is 0 Å². The average molecular weight is 249 g/mol. The van der Waals surface area contributed by atoms with Gasteiger partial charge in [-0.2, -0.15) is 0 Å². The van der Waals surface area contributed by atoms with Crippen LogP contribution in [0.15, 0.2) is 54.9 Å². The van der Waals surface area contributed by atoms with Gasteiger partial charge in [-0.15, -0.1) is 0 Å². The number of aryl methyl sites for hydroxylation is 1. The second kappa shape index (κ2) is 5.06. The largest absolute Gasteiger partial charge is 0.366 e. The Morgan fingerprint density at radius 3 is 2.74 bits per heavy atom. The summed E-state index contributed by atoms with van der Waals surface area (Å²) in [5.74, 6) is 0.862. The highest BCUT2D eigenvalue weighted by molar-refractivity contribution is 5.85. The minimum atomic E-state index is 0.762. The van der Waals surface area contributed by atoms with E-state index in [1.165, 1.54) is 16.3 Å². The van der Waals surface area contributed by atoms with Crippen molar-refractivity contribution < 1.29 is 0 Å². The summed E-state index contributed by atoms with van der Waals surface area (Å²) in [5, 5.41) is 5.89. The van der Waals surface area contributed by atoms with Gasteiger partial charge in [0.25, 0.3) is 0 Å². The summed E-state index contributed by atoms with van der Waals surface area (Å²) in [5.41, 5.74) is 2.24. The van der Waals surface area contributed by atoms with Crippen LogP contribution in [0.25, 0.3) is 10.8 Å². The molecule has 0 bridgehead atoms. The molecule has 3 rings (SSSR count). The monoisotopic (exact) mass is 249 g/mol. The number of rotatable bonds is 3. The lowest BCUT2D eigenvalue weighted by Gasteiger charge is -2.09. The molecular weight excluding hydrogens is 234 g/mol. The molecule has 0 spiro atoms. The van der Waals surface area contributed by atoms with Crippen LogP contribution in [0, 0.1) is 6.92 Å². The van der Waals surface area contributed by atoms with Gasteiger partial charge in [0, 0.05) is 18.3 Å². The molecule has 0 aliphatic rings. The van der Waals surface area contributed by atoms with Crippen LogP contribution in [0.1, 0.15) is 11.3 Å². The van der Waals surface area contributed by atoms with E-state index in [-0.39, 0.29) is 0 Å². The lowest BCUT2D eigenvalue weighted by atomic mass is 10.0. The summed E-state index contributed by atoms with van der Waals surface area (Å²) in [6.07, 6.45) is 1.58. The van der Waals surface area contributed by atoms with Gasteiger partial charge < -0.3 is 5.32 Å². The second-order valence-electron chi connectivity index (χ2n) is 4.54. The Kier molecular flexibility index (Phi) is 3.11. The topological polar surface area (TPSA) is 37.8 Å². The van der Waals surface area contributed by atoms with Gasteiger partial charge in [-0.05, 0) is 23.3 Å². The van der Waals surface area contributed by atoms with Gasteiger partial charge in [0.1, 0.15) is 12.1 Å². The number of benzene rings is 2. The summed E-state index contributed by atoms with van der Waals surface area (Å²) in [6, 6.07) is 16.7. The third-order valence-corrected chi connectivity index (χ3v) is 3.14. The predicted molar refractivity (Wildman–Crippen MR) is 78.0 cm³/mol. The number of nitrogens with zero attached hydrogens (tertiary/aromatic N) is 2. The number of anilines is 1. The summed E-state index contributed by atoms with van der Waals surface area (Å²) < 4.78 is 0. The molecule has 0 fully saturated rings. The van der Waals surface area contributed by atoms with Crippen LogP contribution in [0.5, 0.6) is 0 Å². The van der Waals surface area contributed by atoms with Gasteiger partial charge in [0.15, 0.2) is 0 Å². The molecular formula is C16H15N3. The Hall–Kier alpha value is -2.42. The fourth-order valence-corrected chi connectivity index (χ4v) is 2.18. The highest BCUT2D eigenvalue weighted by Gasteiger charge is 2.01. The van der Waals surface area contributed by atoms with Crippen molar-refractivity contribution in [1.82, 2.24) is 9.97 Å². The Morgan fingerprint density at radius 1 is 1.00 bits per heavy atom. The van der Waals surface area contributed by atoms with E-state index in [0.717, 1.165) is 18.1 Å². The van der Waals surface area contributed by atoms with E-state index < -0.39 is 0 Å².